The van der Waals surface area contributed by atoms with Gasteiger partial charge in [-0.25, -0.2) is 4.79 Å². The fourth-order valence-corrected chi connectivity index (χ4v) is 4.93. The Labute approximate surface area is 172 Å². The summed E-state index contributed by atoms with van der Waals surface area (Å²) >= 11 is 0. The fourth-order valence-electron chi connectivity index (χ4n) is 4.93. The molecule has 1 aromatic heterocycles. The third-order valence-corrected chi connectivity index (χ3v) is 6.59. The number of nitrogens with two attached hydrogens (primary N) is 1. The summed E-state index contributed by atoms with van der Waals surface area (Å²) in [6.07, 6.45) is 2.85. The van der Waals surface area contributed by atoms with Crippen molar-refractivity contribution in [1.82, 2.24) is 10.1 Å². The van der Waals surface area contributed by atoms with Gasteiger partial charge in [-0.15, -0.1) is 0 Å². The molecule has 6 nitrogen and oxygen atoms in total. The smallest absolute Gasteiger partial charge is 0.412 e. The lowest BCUT2D eigenvalue weighted by molar-refractivity contribution is -0.193. The van der Waals surface area contributed by atoms with Crippen LogP contribution in [0.1, 0.15) is 62.6 Å². The molecule has 1 saturated carbocycles. The molecule has 2 fully saturated rings. The van der Waals surface area contributed by atoms with E-state index in [1.165, 1.54) is 0 Å². The van der Waals surface area contributed by atoms with Crippen LogP contribution < -0.4 is 5.73 Å². The molecule has 1 aromatic carbocycles. The second-order valence-corrected chi connectivity index (χ2v) is 9.70. The van der Waals surface area contributed by atoms with Gasteiger partial charge < -0.3 is 15.0 Å². The van der Waals surface area contributed by atoms with Crippen LogP contribution in [0.4, 0.5) is 4.79 Å². The predicted octanol–water partition coefficient (Wildman–Crippen LogP) is 4.80. The van der Waals surface area contributed by atoms with E-state index in [0.29, 0.717) is 6.54 Å². The molecular weight excluding hydrogens is 366 g/mol. The number of hydrogen-bond acceptors (Lipinski definition) is 5. The molecular formula is C23H31N3O3. The molecule has 2 heterocycles. The molecule has 2 N–H and O–H groups in total. The van der Waals surface area contributed by atoms with Gasteiger partial charge in [0.15, 0.2) is 0 Å². The molecule has 1 saturated heterocycles. The number of rotatable bonds is 2. The Kier molecular flexibility index (Phi) is 4.35. The van der Waals surface area contributed by atoms with Crippen molar-refractivity contribution in [3.63, 3.8) is 0 Å². The number of nitrogens with zero attached hydrogens (tertiary/aromatic N) is 2. The maximum absolute atomic E-state index is 13.0. The minimum Gasteiger partial charge on any atom is -0.444 e. The molecule has 2 aromatic rings. The minimum absolute atomic E-state index is 0.0774. The van der Waals surface area contributed by atoms with Gasteiger partial charge in [-0.2, -0.15) is 0 Å². The fraction of sp³-hybridized carbons (Fsp3) is 0.565. The van der Waals surface area contributed by atoms with Gasteiger partial charge >= 0.3 is 6.09 Å². The molecule has 1 aliphatic heterocycles. The molecule has 1 amide bonds. The summed E-state index contributed by atoms with van der Waals surface area (Å²) in [6.45, 7) is 12.2. The Morgan fingerprint density at radius 1 is 1.24 bits per heavy atom. The highest BCUT2D eigenvalue weighted by Gasteiger charge is 2.68. The van der Waals surface area contributed by atoms with Crippen LogP contribution in [-0.2, 0) is 10.4 Å². The largest absolute Gasteiger partial charge is 0.444 e. The molecule has 1 atom stereocenters. The summed E-state index contributed by atoms with van der Waals surface area (Å²) in [7, 11) is 0. The van der Waals surface area contributed by atoms with Crippen molar-refractivity contribution < 1.29 is 14.1 Å². The Morgan fingerprint density at radius 2 is 1.93 bits per heavy atom. The van der Waals surface area contributed by atoms with Crippen molar-refractivity contribution in [2.45, 2.75) is 72.1 Å². The molecule has 4 rings (SSSR count). The Balaban J connectivity index is 1.80. The van der Waals surface area contributed by atoms with Gasteiger partial charge in [0, 0.05) is 17.5 Å². The number of aromatic nitrogens is 1. The van der Waals surface area contributed by atoms with Gasteiger partial charge in [-0.1, -0.05) is 23.7 Å². The van der Waals surface area contributed by atoms with Crippen LogP contribution in [0.25, 0.3) is 11.1 Å². The van der Waals surface area contributed by atoms with Crippen LogP contribution in [0.15, 0.2) is 22.7 Å². The highest BCUT2D eigenvalue weighted by atomic mass is 16.6. The highest BCUT2D eigenvalue weighted by Crippen LogP contribution is 2.62. The lowest BCUT2D eigenvalue weighted by Gasteiger charge is -2.68. The molecule has 156 valence electrons. The van der Waals surface area contributed by atoms with Crippen LogP contribution in [0.3, 0.4) is 0 Å². The number of likely N-dealkylation sites (tertiary alicyclic amines) is 1. The van der Waals surface area contributed by atoms with E-state index in [1.54, 1.807) is 4.90 Å². The first kappa shape index (κ1) is 20.0. The van der Waals surface area contributed by atoms with Crippen LogP contribution in [0.2, 0.25) is 0 Å². The summed E-state index contributed by atoms with van der Waals surface area (Å²) in [5.74, 6) is 0.777. The van der Waals surface area contributed by atoms with Crippen LogP contribution in [0, 0.1) is 26.2 Å². The lowest BCUT2D eigenvalue weighted by Crippen LogP contribution is -2.80. The topological polar surface area (TPSA) is 81.6 Å². The summed E-state index contributed by atoms with van der Waals surface area (Å²) < 4.78 is 11.1. The summed E-state index contributed by atoms with van der Waals surface area (Å²) in [5, 5.41) is 4.09. The Hall–Kier alpha value is -2.34. The van der Waals surface area contributed by atoms with E-state index in [-0.39, 0.29) is 11.5 Å². The number of hydrogen-bond donors (Lipinski definition) is 1. The second kappa shape index (κ2) is 6.33. The number of benzene rings is 1. The van der Waals surface area contributed by atoms with Gasteiger partial charge in [-0.05, 0) is 77.1 Å². The average molecular weight is 398 g/mol. The maximum atomic E-state index is 13.0. The maximum Gasteiger partial charge on any atom is 0.412 e. The van der Waals surface area contributed by atoms with Crippen molar-refractivity contribution in [2.75, 3.05) is 6.54 Å². The van der Waals surface area contributed by atoms with Gasteiger partial charge in [0.1, 0.15) is 17.0 Å². The van der Waals surface area contributed by atoms with E-state index >= 15 is 0 Å². The number of amides is 1. The monoisotopic (exact) mass is 397 g/mol. The average Bonchev–Trinajstić information content (AvgIpc) is 2.89. The van der Waals surface area contributed by atoms with Gasteiger partial charge in [0.2, 0.25) is 0 Å². The Bertz CT molecular complexity index is 949. The zero-order valence-corrected chi connectivity index (χ0v) is 18.3. The van der Waals surface area contributed by atoms with Gasteiger partial charge in [0.05, 0.1) is 5.69 Å². The Morgan fingerprint density at radius 3 is 2.45 bits per heavy atom. The van der Waals surface area contributed by atoms with Crippen molar-refractivity contribution in [2.24, 2.45) is 11.1 Å². The first-order chi connectivity index (χ1) is 13.5. The molecule has 1 aliphatic carbocycles. The molecule has 0 radical (unpaired) electrons. The third-order valence-electron chi connectivity index (χ3n) is 6.59. The predicted molar refractivity (Wildman–Crippen MR) is 111 cm³/mol. The number of carbonyl (C=O) groups is 1. The zero-order valence-electron chi connectivity index (χ0n) is 18.3. The highest BCUT2D eigenvalue weighted by molar-refractivity contribution is 5.74. The first-order valence-corrected chi connectivity index (χ1v) is 10.3. The van der Waals surface area contributed by atoms with Crippen LogP contribution in [-0.4, -0.2) is 28.3 Å². The minimum atomic E-state index is -0.868. The molecule has 2 aliphatic rings. The first-order valence-electron chi connectivity index (χ1n) is 10.3. The van der Waals surface area contributed by atoms with E-state index in [2.05, 4.69) is 30.3 Å². The van der Waals surface area contributed by atoms with Crippen molar-refractivity contribution in [1.29, 1.82) is 0 Å². The van der Waals surface area contributed by atoms with Crippen molar-refractivity contribution in [3.8, 4) is 11.1 Å². The molecule has 29 heavy (non-hydrogen) atoms. The van der Waals surface area contributed by atoms with Crippen LogP contribution in [0.5, 0.6) is 0 Å². The van der Waals surface area contributed by atoms with Crippen LogP contribution >= 0.6 is 0 Å². The van der Waals surface area contributed by atoms with Crippen molar-refractivity contribution >= 4 is 6.09 Å². The van der Waals surface area contributed by atoms with E-state index in [0.717, 1.165) is 53.0 Å². The van der Waals surface area contributed by atoms with E-state index in [4.69, 9.17) is 15.0 Å². The summed E-state index contributed by atoms with van der Waals surface area (Å²) in [5.41, 5.74) is 10.5. The summed E-state index contributed by atoms with van der Waals surface area (Å²) in [4.78, 5) is 14.7. The molecule has 0 bridgehead atoms. The second-order valence-electron chi connectivity index (χ2n) is 9.70. The number of carbonyl (C=O) groups excluding carboxylic acids is 1. The quantitative estimate of drug-likeness (QED) is 0.787. The SMILES string of the molecule is Cc1ccc(-c2c(C)noc2C)cc1C1(N)N(C(=O)OC(C)(C)C)CC12CCC2. The van der Waals surface area contributed by atoms with E-state index in [9.17, 15) is 4.79 Å². The van der Waals surface area contributed by atoms with E-state index < -0.39 is 11.3 Å². The standard InChI is InChI=1S/C23H31N3O3/c1-14-8-9-17(19-15(2)25-29-16(19)3)12-18(14)23(24)22(10-7-11-22)13-26(23)20(27)28-21(4,5)6/h8-9,12H,7,10-11,13,24H2,1-6H3. The normalized spacial score (nSPS) is 22.9. The van der Waals surface area contributed by atoms with Gasteiger partial charge in [0.25, 0.3) is 0 Å². The van der Waals surface area contributed by atoms with Crippen molar-refractivity contribution in [3.05, 3.63) is 40.8 Å². The summed E-state index contributed by atoms with van der Waals surface area (Å²) in [6, 6.07) is 6.25. The lowest BCUT2D eigenvalue weighted by atomic mass is 9.52. The third kappa shape index (κ3) is 2.88. The number of ether oxygens (including phenoxy) is 1. The molecule has 1 unspecified atom stereocenters. The molecule has 1 spiro atoms. The molecule has 6 heteroatoms. The number of aryl methyl sites for hydroxylation is 3. The van der Waals surface area contributed by atoms with E-state index in [1.807, 2.05) is 34.6 Å². The zero-order chi connectivity index (χ0) is 21.2. The van der Waals surface area contributed by atoms with Gasteiger partial charge in [-0.3, -0.25) is 4.90 Å².